The Balaban J connectivity index is 2.33. The van der Waals surface area contributed by atoms with Gasteiger partial charge in [0.05, 0.1) is 0 Å². The lowest BCUT2D eigenvalue weighted by Crippen LogP contribution is -2.08. The van der Waals surface area contributed by atoms with Crippen molar-refractivity contribution in [2.45, 2.75) is 40.5 Å². The molecule has 0 aliphatic rings. The smallest absolute Gasteiger partial charge is 0.139 e. The number of rotatable bonds is 6. The van der Waals surface area contributed by atoms with Crippen LogP contribution < -0.4 is 10.6 Å². The molecule has 0 radical (unpaired) electrons. The molecule has 0 saturated heterocycles. The summed E-state index contributed by atoms with van der Waals surface area (Å²) in [5.74, 6) is 1.83. The molecule has 21 heavy (non-hydrogen) atoms. The molecule has 2 aromatic rings. The van der Waals surface area contributed by atoms with Crippen molar-refractivity contribution < 1.29 is 0 Å². The van der Waals surface area contributed by atoms with E-state index in [1.165, 1.54) is 11.1 Å². The molecule has 2 rings (SSSR count). The van der Waals surface area contributed by atoms with Crippen LogP contribution in [0.3, 0.4) is 0 Å². The summed E-state index contributed by atoms with van der Waals surface area (Å²) in [6, 6.07) is 6.37. The summed E-state index contributed by atoms with van der Waals surface area (Å²) >= 11 is 0. The van der Waals surface area contributed by atoms with Gasteiger partial charge in [-0.05, 0) is 50.5 Å². The van der Waals surface area contributed by atoms with E-state index in [-0.39, 0.29) is 0 Å². The predicted molar refractivity (Wildman–Crippen MR) is 89.4 cm³/mol. The molecule has 4 nitrogen and oxygen atoms in total. The average Bonchev–Trinajstić information content (AvgIpc) is 2.46. The molecular weight excluding hydrogens is 260 g/mol. The number of benzene rings is 1. The number of hydrogen-bond acceptors (Lipinski definition) is 4. The van der Waals surface area contributed by atoms with Crippen molar-refractivity contribution in [2.24, 2.45) is 0 Å². The SMILES string of the molecule is CCCc1c(NCC)ncnc1Nc1ccc(C)c(C)c1. The van der Waals surface area contributed by atoms with E-state index in [0.717, 1.165) is 42.3 Å². The summed E-state index contributed by atoms with van der Waals surface area (Å²) in [5, 5.41) is 6.75. The van der Waals surface area contributed by atoms with Crippen molar-refractivity contribution >= 4 is 17.3 Å². The van der Waals surface area contributed by atoms with Crippen LogP contribution in [0.5, 0.6) is 0 Å². The number of hydrogen-bond donors (Lipinski definition) is 2. The molecule has 0 unspecified atom stereocenters. The van der Waals surface area contributed by atoms with E-state index in [1.807, 2.05) is 0 Å². The number of aryl methyl sites for hydroxylation is 2. The molecule has 112 valence electrons. The maximum Gasteiger partial charge on any atom is 0.139 e. The molecule has 0 bridgehead atoms. The topological polar surface area (TPSA) is 49.8 Å². The van der Waals surface area contributed by atoms with Crippen LogP contribution >= 0.6 is 0 Å². The van der Waals surface area contributed by atoms with Gasteiger partial charge in [-0.1, -0.05) is 19.4 Å². The summed E-state index contributed by atoms with van der Waals surface area (Å²) in [5.41, 5.74) is 4.79. The molecule has 0 amide bonds. The van der Waals surface area contributed by atoms with E-state index >= 15 is 0 Å². The van der Waals surface area contributed by atoms with Gasteiger partial charge in [-0.25, -0.2) is 9.97 Å². The minimum atomic E-state index is 0.858. The van der Waals surface area contributed by atoms with Gasteiger partial charge >= 0.3 is 0 Å². The zero-order chi connectivity index (χ0) is 15.2. The number of nitrogens with zero attached hydrogens (tertiary/aromatic N) is 2. The highest BCUT2D eigenvalue weighted by atomic mass is 15.1. The summed E-state index contributed by atoms with van der Waals surface area (Å²) in [6.45, 7) is 9.35. The lowest BCUT2D eigenvalue weighted by atomic mass is 10.1. The first-order valence-corrected chi connectivity index (χ1v) is 7.57. The molecule has 0 aliphatic carbocycles. The van der Waals surface area contributed by atoms with Gasteiger partial charge in [0, 0.05) is 17.8 Å². The van der Waals surface area contributed by atoms with Crippen molar-refractivity contribution in [3.8, 4) is 0 Å². The van der Waals surface area contributed by atoms with Gasteiger partial charge in [0.25, 0.3) is 0 Å². The van der Waals surface area contributed by atoms with E-state index in [0.29, 0.717) is 0 Å². The molecule has 0 spiro atoms. The molecule has 0 saturated carbocycles. The highest BCUT2D eigenvalue weighted by molar-refractivity contribution is 5.65. The fourth-order valence-electron chi connectivity index (χ4n) is 2.28. The second-order valence-corrected chi connectivity index (χ2v) is 5.25. The third-order valence-electron chi connectivity index (χ3n) is 3.56. The lowest BCUT2D eigenvalue weighted by molar-refractivity contribution is 0.902. The normalized spacial score (nSPS) is 10.5. The van der Waals surface area contributed by atoms with Gasteiger partial charge in [0.2, 0.25) is 0 Å². The Kier molecular flexibility index (Phi) is 5.14. The van der Waals surface area contributed by atoms with Crippen molar-refractivity contribution in [3.05, 3.63) is 41.2 Å². The minimum Gasteiger partial charge on any atom is -0.370 e. The van der Waals surface area contributed by atoms with Gasteiger partial charge < -0.3 is 10.6 Å². The molecule has 0 aliphatic heterocycles. The van der Waals surface area contributed by atoms with E-state index < -0.39 is 0 Å². The Labute approximate surface area is 127 Å². The van der Waals surface area contributed by atoms with Crippen LogP contribution in [0.4, 0.5) is 17.3 Å². The van der Waals surface area contributed by atoms with Crippen LogP contribution in [0.25, 0.3) is 0 Å². The molecule has 1 aromatic heterocycles. The Morgan fingerprint density at radius 2 is 1.76 bits per heavy atom. The summed E-state index contributed by atoms with van der Waals surface area (Å²) in [6.07, 6.45) is 3.63. The minimum absolute atomic E-state index is 0.858. The van der Waals surface area contributed by atoms with Crippen LogP contribution in [0.2, 0.25) is 0 Å². The van der Waals surface area contributed by atoms with Crippen molar-refractivity contribution in [1.29, 1.82) is 0 Å². The molecule has 4 heteroatoms. The van der Waals surface area contributed by atoms with Gasteiger partial charge in [-0.3, -0.25) is 0 Å². The van der Waals surface area contributed by atoms with Crippen LogP contribution in [0.15, 0.2) is 24.5 Å². The average molecular weight is 284 g/mol. The fraction of sp³-hybridized carbons (Fsp3) is 0.412. The van der Waals surface area contributed by atoms with Gasteiger partial charge in [-0.15, -0.1) is 0 Å². The summed E-state index contributed by atoms with van der Waals surface area (Å²) < 4.78 is 0. The first kappa shape index (κ1) is 15.3. The van der Waals surface area contributed by atoms with E-state index in [9.17, 15) is 0 Å². The van der Waals surface area contributed by atoms with Crippen LogP contribution in [0.1, 0.15) is 37.0 Å². The van der Waals surface area contributed by atoms with E-state index in [1.54, 1.807) is 6.33 Å². The number of anilines is 3. The quantitative estimate of drug-likeness (QED) is 0.833. The van der Waals surface area contributed by atoms with Crippen LogP contribution in [-0.4, -0.2) is 16.5 Å². The van der Waals surface area contributed by atoms with Crippen LogP contribution in [0, 0.1) is 13.8 Å². The number of nitrogens with one attached hydrogen (secondary N) is 2. The third kappa shape index (κ3) is 3.72. The molecule has 0 atom stereocenters. The molecule has 1 aromatic carbocycles. The van der Waals surface area contributed by atoms with Crippen molar-refractivity contribution in [3.63, 3.8) is 0 Å². The standard InChI is InChI=1S/C17H24N4/c1-5-7-15-16(18-6-2)19-11-20-17(15)21-14-9-8-12(3)13(4)10-14/h8-11H,5-7H2,1-4H3,(H2,18,19,20,21). The Hall–Kier alpha value is -2.10. The van der Waals surface area contributed by atoms with Crippen molar-refractivity contribution in [1.82, 2.24) is 9.97 Å². The van der Waals surface area contributed by atoms with Gasteiger partial charge in [-0.2, -0.15) is 0 Å². The second-order valence-electron chi connectivity index (χ2n) is 5.25. The van der Waals surface area contributed by atoms with Crippen molar-refractivity contribution in [2.75, 3.05) is 17.2 Å². The van der Waals surface area contributed by atoms with Gasteiger partial charge in [0.15, 0.2) is 0 Å². The maximum atomic E-state index is 4.43. The molecule has 2 N–H and O–H groups in total. The first-order chi connectivity index (χ1) is 10.2. The largest absolute Gasteiger partial charge is 0.370 e. The Bertz CT molecular complexity index is 608. The Morgan fingerprint density at radius 3 is 2.43 bits per heavy atom. The second kappa shape index (κ2) is 7.07. The molecular formula is C17H24N4. The fourth-order valence-corrected chi connectivity index (χ4v) is 2.28. The zero-order valence-corrected chi connectivity index (χ0v) is 13.3. The van der Waals surface area contributed by atoms with Gasteiger partial charge in [0.1, 0.15) is 18.0 Å². The summed E-state index contributed by atoms with van der Waals surface area (Å²) in [7, 11) is 0. The third-order valence-corrected chi connectivity index (χ3v) is 3.56. The molecule has 1 heterocycles. The monoisotopic (exact) mass is 284 g/mol. The van der Waals surface area contributed by atoms with E-state index in [2.05, 4.69) is 66.5 Å². The maximum absolute atomic E-state index is 4.43. The first-order valence-electron chi connectivity index (χ1n) is 7.57. The highest BCUT2D eigenvalue weighted by Crippen LogP contribution is 2.25. The summed E-state index contributed by atoms with van der Waals surface area (Å²) in [4.78, 5) is 8.78. The molecule has 0 fully saturated rings. The predicted octanol–water partition coefficient (Wildman–Crippen LogP) is 4.22. The zero-order valence-electron chi connectivity index (χ0n) is 13.3. The highest BCUT2D eigenvalue weighted by Gasteiger charge is 2.10. The number of aromatic nitrogens is 2. The lowest BCUT2D eigenvalue weighted by Gasteiger charge is -2.15. The Morgan fingerprint density at radius 1 is 1.00 bits per heavy atom. The van der Waals surface area contributed by atoms with Crippen LogP contribution in [-0.2, 0) is 6.42 Å². The van der Waals surface area contributed by atoms with E-state index in [4.69, 9.17) is 0 Å².